The minimum Gasteiger partial charge on any atom is -0.606 e. The fraction of sp³-hybridized carbons (Fsp3) is 0.125. The molecule has 0 saturated carbocycles. The van der Waals surface area contributed by atoms with Gasteiger partial charge >= 0.3 is 0 Å². The number of fused-ring (bicyclic) bond motifs is 1. The van der Waals surface area contributed by atoms with Gasteiger partial charge < -0.3 is 25.0 Å². The molecule has 2 aromatic carbocycles. The number of benzene rings is 2. The molecular weight excluding hydrogens is 336 g/mol. The quantitative estimate of drug-likeness (QED) is 0.428. The third-order valence-corrected chi connectivity index (χ3v) is 5.21. The molecule has 1 unspecified atom stereocenters. The summed E-state index contributed by atoms with van der Waals surface area (Å²) in [4.78, 5) is 24.7. The zero-order chi connectivity index (χ0) is 17.7. The average Bonchev–Trinajstić information content (AvgIpc) is 2.58. The van der Waals surface area contributed by atoms with Crippen LogP contribution in [0.4, 0.5) is 0 Å². The van der Waals surface area contributed by atoms with Gasteiger partial charge in [-0.05, 0) is 18.2 Å². The minimum absolute atomic E-state index is 0.125. The maximum absolute atomic E-state index is 12.7. The molecule has 4 N–H and O–H groups in total. The lowest BCUT2D eigenvalue weighted by molar-refractivity contribution is -0.299. The first-order valence-corrected chi connectivity index (χ1v) is 7.93. The molecule has 3 rings (SSSR count). The molecule has 0 aliphatic heterocycles. The molecule has 0 spiro atoms. The van der Waals surface area contributed by atoms with Crippen LogP contribution in [-0.4, -0.2) is 48.1 Å². The first kappa shape index (κ1) is 16.8. The van der Waals surface area contributed by atoms with Gasteiger partial charge in [0.2, 0.25) is 11.6 Å². The van der Waals surface area contributed by atoms with Gasteiger partial charge in [0.25, 0.3) is 11.6 Å². The summed E-state index contributed by atoms with van der Waals surface area (Å²) in [6.45, 7) is 0. The van der Waals surface area contributed by atoms with E-state index in [-0.39, 0.29) is 4.90 Å². The van der Waals surface area contributed by atoms with Crippen LogP contribution in [0.2, 0.25) is 0 Å². The Balaban J connectivity index is 2.23. The number of Topliss-reactive ketones (excluding diaryl/α,β-unsaturated/α-hetero) is 2. The van der Waals surface area contributed by atoms with Crippen LogP contribution in [0.1, 0.15) is 20.7 Å². The number of carbonyl (C=O) groups excluding carboxylic acids is 2. The SMILES string of the molecule is O=C1c2cccc([S+]([O-])c3ccccc3)c2C(=O)C(O)(O)C1(O)O. The molecule has 7 nitrogen and oxygen atoms in total. The summed E-state index contributed by atoms with van der Waals surface area (Å²) in [5.41, 5.74) is -0.945. The average molecular weight is 348 g/mol. The fourth-order valence-electron chi connectivity index (χ4n) is 2.46. The lowest BCUT2D eigenvalue weighted by Crippen LogP contribution is -2.66. The maximum atomic E-state index is 12.7. The molecule has 24 heavy (non-hydrogen) atoms. The van der Waals surface area contributed by atoms with Gasteiger partial charge in [0.15, 0.2) is 9.79 Å². The number of rotatable bonds is 2. The molecule has 0 radical (unpaired) electrons. The van der Waals surface area contributed by atoms with Gasteiger partial charge in [0.1, 0.15) is 0 Å². The number of aliphatic hydroxyl groups is 4. The van der Waals surface area contributed by atoms with E-state index in [1.807, 2.05) is 0 Å². The Morgan fingerprint density at radius 1 is 0.792 bits per heavy atom. The van der Waals surface area contributed by atoms with Crippen molar-refractivity contribution in [1.29, 1.82) is 0 Å². The van der Waals surface area contributed by atoms with Gasteiger partial charge in [0.05, 0.1) is 5.56 Å². The smallest absolute Gasteiger partial charge is 0.293 e. The number of hydrogen-bond donors (Lipinski definition) is 4. The summed E-state index contributed by atoms with van der Waals surface area (Å²) in [6, 6.07) is 11.8. The van der Waals surface area contributed by atoms with Crippen LogP contribution in [-0.2, 0) is 11.2 Å². The van der Waals surface area contributed by atoms with Gasteiger partial charge in [-0.2, -0.15) is 0 Å². The van der Waals surface area contributed by atoms with E-state index in [2.05, 4.69) is 0 Å². The molecule has 1 aliphatic rings. The molecule has 0 bridgehead atoms. The predicted molar refractivity (Wildman–Crippen MR) is 80.6 cm³/mol. The van der Waals surface area contributed by atoms with Crippen molar-refractivity contribution in [2.45, 2.75) is 21.4 Å². The van der Waals surface area contributed by atoms with E-state index in [9.17, 15) is 34.6 Å². The summed E-state index contributed by atoms with van der Waals surface area (Å²) < 4.78 is 12.7. The van der Waals surface area contributed by atoms with E-state index >= 15 is 0 Å². The molecule has 0 amide bonds. The van der Waals surface area contributed by atoms with Crippen LogP contribution in [0.15, 0.2) is 58.3 Å². The zero-order valence-corrected chi connectivity index (χ0v) is 12.9. The number of hydrogen-bond acceptors (Lipinski definition) is 7. The topological polar surface area (TPSA) is 138 Å². The molecular formula is C16H12O7S. The lowest BCUT2D eigenvalue weighted by atomic mass is 9.80. The largest absolute Gasteiger partial charge is 0.606 e. The zero-order valence-electron chi connectivity index (χ0n) is 12.0. The highest BCUT2D eigenvalue weighted by Crippen LogP contribution is 2.37. The summed E-state index contributed by atoms with van der Waals surface area (Å²) in [5.74, 6) is -10.4. The molecule has 2 aromatic rings. The van der Waals surface area contributed by atoms with E-state index in [4.69, 9.17) is 0 Å². The van der Waals surface area contributed by atoms with Crippen molar-refractivity contribution in [3.8, 4) is 0 Å². The van der Waals surface area contributed by atoms with Crippen LogP contribution < -0.4 is 0 Å². The van der Waals surface area contributed by atoms with Crippen molar-refractivity contribution < 1.29 is 34.6 Å². The second-order valence-corrected chi connectivity index (χ2v) is 6.71. The van der Waals surface area contributed by atoms with E-state index in [1.54, 1.807) is 18.2 Å². The summed E-state index contributed by atoms with van der Waals surface area (Å²) in [7, 11) is 0. The third kappa shape index (κ3) is 2.20. The van der Waals surface area contributed by atoms with E-state index in [0.717, 1.165) is 6.07 Å². The number of carbonyl (C=O) groups is 2. The van der Waals surface area contributed by atoms with Crippen molar-refractivity contribution in [3.63, 3.8) is 0 Å². The molecule has 0 saturated heterocycles. The van der Waals surface area contributed by atoms with Crippen molar-refractivity contribution in [2.75, 3.05) is 0 Å². The monoisotopic (exact) mass is 348 g/mol. The second kappa shape index (κ2) is 5.49. The Kier molecular flexibility index (Phi) is 3.83. The Morgan fingerprint density at radius 2 is 1.38 bits per heavy atom. The molecule has 0 heterocycles. The van der Waals surface area contributed by atoms with Crippen LogP contribution >= 0.6 is 0 Å². The predicted octanol–water partition coefficient (Wildman–Crippen LogP) is -0.406. The Morgan fingerprint density at radius 3 is 2.00 bits per heavy atom. The van der Waals surface area contributed by atoms with Crippen molar-refractivity contribution in [3.05, 3.63) is 59.7 Å². The molecule has 1 aliphatic carbocycles. The highest BCUT2D eigenvalue weighted by atomic mass is 32.2. The van der Waals surface area contributed by atoms with Crippen LogP contribution in [0.3, 0.4) is 0 Å². The van der Waals surface area contributed by atoms with Gasteiger partial charge in [0, 0.05) is 16.7 Å². The van der Waals surface area contributed by atoms with Crippen molar-refractivity contribution in [2.24, 2.45) is 0 Å². The fourth-order valence-corrected chi connectivity index (χ4v) is 3.71. The summed E-state index contributed by atoms with van der Waals surface area (Å²) in [6.07, 6.45) is 0. The number of ketones is 2. The summed E-state index contributed by atoms with van der Waals surface area (Å²) >= 11 is -1.89. The van der Waals surface area contributed by atoms with Crippen LogP contribution in [0.25, 0.3) is 0 Å². The minimum atomic E-state index is -3.74. The molecule has 8 heteroatoms. The van der Waals surface area contributed by atoms with E-state index in [0.29, 0.717) is 4.90 Å². The standard InChI is InChI=1S/C16H12O7S/c17-13-10-7-4-8-11(24(23)9-5-2-1-3-6-9)12(10)14(18)16(21,22)15(13,19)20/h1-8,19-22H. The Hall–Kier alpha value is -2.07. The molecule has 0 aromatic heterocycles. The van der Waals surface area contributed by atoms with Gasteiger partial charge in [-0.15, -0.1) is 0 Å². The summed E-state index contributed by atoms with van der Waals surface area (Å²) in [5, 5.41) is 38.8. The van der Waals surface area contributed by atoms with Gasteiger partial charge in [-0.3, -0.25) is 9.59 Å². The van der Waals surface area contributed by atoms with E-state index in [1.165, 1.54) is 24.3 Å². The van der Waals surface area contributed by atoms with Gasteiger partial charge in [-0.1, -0.05) is 30.3 Å². The van der Waals surface area contributed by atoms with Crippen LogP contribution in [0.5, 0.6) is 0 Å². The Bertz CT molecular complexity index is 830. The van der Waals surface area contributed by atoms with Gasteiger partial charge in [-0.25, -0.2) is 0 Å². The highest BCUT2D eigenvalue weighted by Gasteiger charge is 2.64. The maximum Gasteiger partial charge on any atom is 0.293 e. The molecule has 0 fully saturated rings. The Labute approximate surface area is 139 Å². The second-order valence-electron chi connectivity index (χ2n) is 5.26. The van der Waals surface area contributed by atoms with Crippen molar-refractivity contribution in [1.82, 2.24) is 0 Å². The first-order chi connectivity index (χ1) is 11.2. The molecule has 1 atom stereocenters. The van der Waals surface area contributed by atoms with Crippen molar-refractivity contribution >= 4 is 22.7 Å². The third-order valence-electron chi connectivity index (χ3n) is 3.77. The first-order valence-electron chi connectivity index (χ1n) is 6.78. The van der Waals surface area contributed by atoms with E-state index < -0.39 is 45.4 Å². The van der Waals surface area contributed by atoms with Crippen LogP contribution in [0, 0.1) is 0 Å². The molecule has 124 valence electrons. The highest BCUT2D eigenvalue weighted by molar-refractivity contribution is 7.91. The lowest BCUT2D eigenvalue weighted by Gasteiger charge is -2.36. The normalized spacial score (nSPS) is 19.7.